The van der Waals surface area contributed by atoms with Crippen LogP contribution in [0.1, 0.15) is 62.0 Å². The average molecular weight is 468 g/mol. The van der Waals surface area contributed by atoms with Crippen LogP contribution in [0, 0.1) is 17.8 Å². The molecule has 2 aromatic rings. The van der Waals surface area contributed by atoms with Crippen LogP contribution in [0.5, 0.6) is 0 Å². The van der Waals surface area contributed by atoms with Crippen LogP contribution in [0.15, 0.2) is 52.3 Å². The summed E-state index contributed by atoms with van der Waals surface area (Å²) in [5.74, 6) is 2.76. The summed E-state index contributed by atoms with van der Waals surface area (Å²) >= 11 is 8.07. The van der Waals surface area contributed by atoms with Gasteiger partial charge < -0.3 is 10.1 Å². The molecule has 1 heterocycles. The molecule has 1 N–H and O–H groups in total. The Morgan fingerprint density at radius 3 is 2.44 bits per heavy atom. The number of fused-ring (bicyclic) bond motifs is 2. The van der Waals surface area contributed by atoms with Gasteiger partial charge in [0.2, 0.25) is 5.91 Å². The van der Waals surface area contributed by atoms with Crippen LogP contribution < -0.4 is 5.32 Å². The van der Waals surface area contributed by atoms with Crippen molar-refractivity contribution in [2.24, 2.45) is 17.8 Å². The van der Waals surface area contributed by atoms with Crippen molar-refractivity contribution in [2.45, 2.75) is 66.3 Å². The normalized spacial score (nSPS) is 31.8. The van der Waals surface area contributed by atoms with Crippen molar-refractivity contribution in [3.8, 4) is 0 Å². The molecule has 3 nitrogen and oxygen atoms in total. The van der Waals surface area contributed by atoms with E-state index in [0.717, 1.165) is 28.3 Å². The first-order valence-corrected chi connectivity index (χ1v) is 13.2. The second-order valence-corrected chi connectivity index (χ2v) is 11.9. The zero-order chi connectivity index (χ0) is 21.7. The van der Waals surface area contributed by atoms with Gasteiger partial charge in [0.1, 0.15) is 0 Å². The Morgan fingerprint density at radius 1 is 1.00 bits per heavy atom. The third-order valence-electron chi connectivity index (χ3n) is 8.07. The van der Waals surface area contributed by atoms with Gasteiger partial charge in [0.25, 0.3) is 0 Å². The van der Waals surface area contributed by atoms with E-state index in [-0.39, 0.29) is 17.4 Å². The minimum absolute atomic E-state index is 0.0326. The summed E-state index contributed by atoms with van der Waals surface area (Å²) in [7, 11) is 0. The SMILES string of the molecule is O=C(C[C@H]1c2ccccc2Sc2ccc(Cl)cc21)NCCOC12CC3CC(CC(C3)C1)C2. The number of ether oxygens (including phenoxy) is 1. The van der Waals surface area contributed by atoms with Crippen LogP contribution in [0.3, 0.4) is 0 Å². The van der Waals surface area contributed by atoms with Gasteiger partial charge >= 0.3 is 0 Å². The van der Waals surface area contributed by atoms with Gasteiger partial charge in [-0.1, -0.05) is 41.6 Å². The van der Waals surface area contributed by atoms with Gasteiger partial charge in [-0.05, 0) is 91.7 Å². The van der Waals surface area contributed by atoms with E-state index in [4.69, 9.17) is 16.3 Å². The van der Waals surface area contributed by atoms with Crippen LogP contribution >= 0.6 is 23.4 Å². The highest BCUT2D eigenvalue weighted by Gasteiger charge is 2.51. The molecule has 168 valence electrons. The minimum Gasteiger partial charge on any atom is -0.373 e. The Balaban J connectivity index is 1.08. The molecule has 0 spiro atoms. The average Bonchev–Trinajstić information content (AvgIpc) is 2.76. The standard InChI is InChI=1S/C27H30ClNO2S/c28-20-5-6-25-23(12-20)22(21-3-1-2-4-24(21)32-25)13-26(30)29-7-8-31-27-14-17-9-18(15-27)11-19(10-17)16-27/h1-6,12,17-19,22H,7-11,13-16H2,(H,29,30)/t17?,18?,19?,22-,27?/m0/s1. The van der Waals surface area contributed by atoms with E-state index in [0.29, 0.717) is 19.6 Å². The maximum Gasteiger partial charge on any atom is 0.221 e. The fraction of sp³-hybridized carbons (Fsp3) is 0.519. The molecule has 1 aliphatic heterocycles. The molecule has 0 saturated heterocycles. The fourth-order valence-corrected chi connectivity index (χ4v) is 8.52. The van der Waals surface area contributed by atoms with E-state index < -0.39 is 0 Å². The van der Waals surface area contributed by atoms with Gasteiger partial charge in [-0.2, -0.15) is 0 Å². The van der Waals surface area contributed by atoms with Gasteiger partial charge in [0, 0.05) is 33.7 Å². The summed E-state index contributed by atoms with van der Waals surface area (Å²) in [6, 6.07) is 14.4. The van der Waals surface area contributed by atoms with Gasteiger partial charge in [-0.15, -0.1) is 0 Å². The van der Waals surface area contributed by atoms with Crippen molar-refractivity contribution in [3.05, 3.63) is 58.6 Å². The number of hydrogen-bond acceptors (Lipinski definition) is 3. The molecule has 0 aromatic heterocycles. The maximum absolute atomic E-state index is 12.9. The first-order valence-electron chi connectivity index (χ1n) is 12.0. The van der Waals surface area contributed by atoms with Crippen LogP contribution in [0.2, 0.25) is 5.02 Å². The summed E-state index contributed by atoms with van der Waals surface area (Å²) in [5, 5.41) is 3.86. The smallest absolute Gasteiger partial charge is 0.221 e. The third-order valence-corrected chi connectivity index (χ3v) is 9.48. The number of nitrogens with one attached hydrogen (secondary N) is 1. The summed E-state index contributed by atoms with van der Waals surface area (Å²) in [6.45, 7) is 1.21. The number of rotatable bonds is 6. The zero-order valence-corrected chi connectivity index (χ0v) is 19.9. The van der Waals surface area contributed by atoms with E-state index in [1.165, 1.54) is 53.9 Å². The van der Waals surface area contributed by atoms with Gasteiger partial charge in [-0.3, -0.25) is 4.79 Å². The number of halogens is 1. The molecule has 32 heavy (non-hydrogen) atoms. The van der Waals surface area contributed by atoms with Crippen molar-refractivity contribution in [1.29, 1.82) is 0 Å². The molecule has 0 radical (unpaired) electrons. The van der Waals surface area contributed by atoms with Crippen LogP contribution in [0.4, 0.5) is 0 Å². The second kappa shape index (κ2) is 8.38. The van der Waals surface area contributed by atoms with Crippen molar-refractivity contribution >= 4 is 29.3 Å². The molecule has 1 atom stereocenters. The lowest BCUT2D eigenvalue weighted by Crippen LogP contribution is -2.52. The number of hydrogen-bond donors (Lipinski definition) is 1. The minimum atomic E-state index is 0.0326. The second-order valence-electron chi connectivity index (χ2n) is 10.4. The summed E-state index contributed by atoms with van der Waals surface area (Å²) < 4.78 is 6.48. The largest absolute Gasteiger partial charge is 0.373 e. The van der Waals surface area contributed by atoms with Crippen molar-refractivity contribution in [2.75, 3.05) is 13.2 Å². The molecule has 4 saturated carbocycles. The highest BCUT2D eigenvalue weighted by Crippen LogP contribution is 2.57. The van der Waals surface area contributed by atoms with Gasteiger partial charge in [-0.25, -0.2) is 0 Å². The lowest BCUT2D eigenvalue weighted by Gasteiger charge is -2.56. The first-order chi connectivity index (χ1) is 15.6. The monoisotopic (exact) mass is 467 g/mol. The predicted octanol–water partition coefficient (Wildman–Crippen LogP) is 6.43. The molecule has 4 aliphatic carbocycles. The summed E-state index contributed by atoms with van der Waals surface area (Å²) in [5.41, 5.74) is 2.47. The molecular weight excluding hydrogens is 438 g/mol. The zero-order valence-electron chi connectivity index (χ0n) is 18.3. The Labute approximate surface area is 199 Å². The molecule has 5 heteroatoms. The lowest BCUT2D eigenvalue weighted by atomic mass is 9.54. The predicted molar refractivity (Wildman–Crippen MR) is 128 cm³/mol. The molecule has 2 aromatic carbocycles. The Morgan fingerprint density at radius 2 is 1.69 bits per heavy atom. The van der Waals surface area contributed by atoms with Crippen LogP contribution in [-0.2, 0) is 9.53 Å². The Bertz CT molecular complexity index is 1000. The lowest BCUT2D eigenvalue weighted by molar-refractivity contribution is -0.161. The Kier molecular flexibility index (Phi) is 5.52. The van der Waals surface area contributed by atoms with Gasteiger partial charge in [0.15, 0.2) is 0 Å². The van der Waals surface area contributed by atoms with E-state index in [2.05, 4.69) is 35.6 Å². The number of amides is 1. The van der Waals surface area contributed by atoms with Crippen LogP contribution in [0.25, 0.3) is 0 Å². The van der Waals surface area contributed by atoms with Crippen LogP contribution in [-0.4, -0.2) is 24.7 Å². The number of carbonyl (C=O) groups is 1. The van der Waals surface area contributed by atoms with E-state index in [1.54, 1.807) is 11.8 Å². The molecule has 4 bridgehead atoms. The van der Waals surface area contributed by atoms with Crippen molar-refractivity contribution in [3.63, 3.8) is 0 Å². The highest BCUT2D eigenvalue weighted by atomic mass is 35.5. The molecule has 7 rings (SSSR count). The quantitative estimate of drug-likeness (QED) is 0.497. The van der Waals surface area contributed by atoms with E-state index >= 15 is 0 Å². The van der Waals surface area contributed by atoms with Crippen molar-refractivity contribution in [1.82, 2.24) is 5.32 Å². The van der Waals surface area contributed by atoms with Crippen molar-refractivity contribution < 1.29 is 9.53 Å². The molecule has 0 unspecified atom stereocenters. The maximum atomic E-state index is 12.9. The molecule has 5 aliphatic rings. The number of benzene rings is 2. The highest BCUT2D eigenvalue weighted by molar-refractivity contribution is 7.99. The molecule has 1 amide bonds. The number of carbonyl (C=O) groups excluding carboxylic acids is 1. The van der Waals surface area contributed by atoms with Gasteiger partial charge in [0.05, 0.1) is 12.2 Å². The first kappa shape index (κ1) is 21.1. The Hall–Kier alpha value is -1.49. The third kappa shape index (κ3) is 3.99. The summed E-state index contributed by atoms with van der Waals surface area (Å²) in [6.07, 6.45) is 8.41. The van der Waals surface area contributed by atoms with E-state index in [1.807, 2.05) is 12.1 Å². The summed E-state index contributed by atoms with van der Waals surface area (Å²) in [4.78, 5) is 15.4. The fourth-order valence-electron chi connectivity index (χ4n) is 7.18. The molecule has 4 fully saturated rings. The van der Waals surface area contributed by atoms with E-state index in [9.17, 15) is 4.79 Å². The molecular formula is C27H30ClNO2S. The topological polar surface area (TPSA) is 38.3 Å².